The van der Waals surface area contributed by atoms with Crippen LogP contribution in [0.15, 0.2) is 36.7 Å². The third-order valence-electron chi connectivity index (χ3n) is 5.18. The second-order valence-electron chi connectivity index (χ2n) is 6.60. The van der Waals surface area contributed by atoms with E-state index in [4.69, 9.17) is 5.73 Å². The smallest absolute Gasteiger partial charge is 0.228 e. The molecule has 0 aliphatic heterocycles. The van der Waals surface area contributed by atoms with Gasteiger partial charge in [0.1, 0.15) is 0 Å². The summed E-state index contributed by atoms with van der Waals surface area (Å²) in [6, 6.07) is 4.40. The molecule has 1 heterocycles. The molecule has 0 aromatic carbocycles. The predicted molar refractivity (Wildman–Crippen MR) is 94.5 cm³/mol. The molecule has 4 rings (SSSR count). The fraction of sp³-hybridized carbons (Fsp3) is 0.529. The Bertz CT molecular complexity index is 576. The summed E-state index contributed by atoms with van der Waals surface area (Å²) < 4.78 is 0. The normalized spacial score (nSPS) is 30.5. The maximum atomic E-state index is 13.0. The average molecular weight is 356 g/mol. The van der Waals surface area contributed by atoms with Crippen molar-refractivity contribution in [3.63, 3.8) is 0 Å². The second-order valence-corrected chi connectivity index (χ2v) is 6.60. The zero-order valence-corrected chi connectivity index (χ0v) is 14.5. The van der Waals surface area contributed by atoms with Gasteiger partial charge in [0.05, 0.1) is 5.92 Å². The van der Waals surface area contributed by atoms with Gasteiger partial charge in [-0.1, -0.05) is 12.2 Å². The quantitative estimate of drug-likeness (QED) is 0.844. The molecule has 4 atom stereocenters. The number of hydrogen-bond donors (Lipinski definition) is 1. The van der Waals surface area contributed by atoms with E-state index in [1.807, 2.05) is 12.1 Å². The van der Waals surface area contributed by atoms with Gasteiger partial charge in [-0.3, -0.25) is 9.78 Å². The predicted octanol–water partition coefficient (Wildman–Crippen LogP) is 2.57. The maximum Gasteiger partial charge on any atom is 0.228 e. The lowest BCUT2D eigenvalue weighted by atomic mass is 9.88. The lowest BCUT2D eigenvalue weighted by molar-refractivity contribution is -0.138. The second kappa shape index (κ2) is 7.20. The number of fused-ring (bicyclic) bond motifs is 2. The number of hydrogen-bond acceptors (Lipinski definition) is 3. The first-order valence-corrected chi connectivity index (χ1v) is 7.87. The number of allylic oxidation sites excluding steroid dienone is 1. The molecule has 23 heavy (non-hydrogen) atoms. The van der Waals surface area contributed by atoms with E-state index in [-0.39, 0.29) is 42.7 Å². The summed E-state index contributed by atoms with van der Waals surface area (Å²) in [7, 11) is 0. The molecule has 4 nitrogen and oxygen atoms in total. The number of nitrogens with zero attached hydrogens (tertiary/aromatic N) is 2. The number of rotatable bonds is 4. The Hall–Kier alpha value is -1.10. The molecular weight excluding hydrogens is 333 g/mol. The first-order valence-electron chi connectivity index (χ1n) is 7.87. The van der Waals surface area contributed by atoms with Gasteiger partial charge < -0.3 is 10.6 Å². The fourth-order valence-corrected chi connectivity index (χ4v) is 3.86. The molecule has 6 heteroatoms. The lowest BCUT2D eigenvalue weighted by Crippen LogP contribution is -2.46. The Balaban J connectivity index is 0.000000960. The zero-order valence-electron chi connectivity index (χ0n) is 12.9. The lowest BCUT2D eigenvalue weighted by Gasteiger charge is -2.31. The molecular formula is C17H23Cl2N3O. The number of carbonyl (C=O) groups excluding carboxylic acids is 1. The average Bonchev–Trinajstić information content (AvgIpc) is 3.16. The fourth-order valence-electron chi connectivity index (χ4n) is 3.86. The highest BCUT2D eigenvalue weighted by molar-refractivity contribution is 5.85. The molecule has 1 aromatic rings. The number of pyridine rings is 1. The van der Waals surface area contributed by atoms with Crippen LogP contribution in [0.5, 0.6) is 0 Å². The van der Waals surface area contributed by atoms with Gasteiger partial charge >= 0.3 is 0 Å². The van der Waals surface area contributed by atoms with E-state index < -0.39 is 0 Å². The van der Waals surface area contributed by atoms with Crippen molar-refractivity contribution in [2.45, 2.75) is 37.9 Å². The molecule has 126 valence electrons. The first kappa shape index (κ1) is 18.2. The molecule has 2 fully saturated rings. The zero-order chi connectivity index (χ0) is 14.4. The maximum absolute atomic E-state index is 13.0. The van der Waals surface area contributed by atoms with Gasteiger partial charge in [-0.05, 0) is 48.8 Å². The van der Waals surface area contributed by atoms with Gasteiger partial charge in [-0.25, -0.2) is 0 Å². The van der Waals surface area contributed by atoms with Crippen LogP contribution in [0, 0.1) is 17.8 Å². The highest BCUT2D eigenvalue weighted by atomic mass is 35.5. The van der Waals surface area contributed by atoms with Crippen molar-refractivity contribution in [2.75, 3.05) is 0 Å². The van der Waals surface area contributed by atoms with Crippen LogP contribution < -0.4 is 5.73 Å². The van der Waals surface area contributed by atoms with Crippen molar-refractivity contribution in [3.8, 4) is 0 Å². The van der Waals surface area contributed by atoms with Crippen molar-refractivity contribution >= 4 is 30.7 Å². The molecule has 3 aliphatic carbocycles. The largest absolute Gasteiger partial charge is 0.335 e. The van der Waals surface area contributed by atoms with Crippen LogP contribution in [0.2, 0.25) is 0 Å². The van der Waals surface area contributed by atoms with Crippen molar-refractivity contribution in [2.24, 2.45) is 23.5 Å². The van der Waals surface area contributed by atoms with Gasteiger partial charge in [0.2, 0.25) is 5.91 Å². The third-order valence-corrected chi connectivity index (χ3v) is 5.18. The summed E-state index contributed by atoms with van der Waals surface area (Å²) in [5.74, 6) is 1.02. The third kappa shape index (κ3) is 3.39. The Morgan fingerprint density at radius 1 is 1.17 bits per heavy atom. The van der Waals surface area contributed by atoms with Crippen LogP contribution in [-0.2, 0) is 11.3 Å². The molecule has 2 saturated carbocycles. The van der Waals surface area contributed by atoms with E-state index in [0.717, 1.165) is 24.8 Å². The minimum atomic E-state index is -0.0116. The number of aromatic nitrogens is 1. The number of carbonyl (C=O) groups is 1. The summed E-state index contributed by atoms with van der Waals surface area (Å²) in [6.45, 7) is 0.691. The summed E-state index contributed by atoms with van der Waals surface area (Å²) in [5, 5.41) is 0. The standard InChI is InChI=1S/C17H21N3O.2ClH/c18-16-13-2-1-12(9-13)15(16)17(21)20(14-3-4-14)10-11-5-7-19-8-6-11;;/h1-2,5-8,12-16H,3-4,9-10,18H2;2*1H/t12-,13+,15-,16+;;/m1../s1. The molecule has 1 amide bonds. The first-order chi connectivity index (χ1) is 10.2. The van der Waals surface area contributed by atoms with Gasteiger partial charge in [-0.15, -0.1) is 24.8 Å². The van der Waals surface area contributed by atoms with E-state index in [1.54, 1.807) is 12.4 Å². The van der Waals surface area contributed by atoms with Crippen LogP contribution in [-0.4, -0.2) is 27.9 Å². The van der Waals surface area contributed by atoms with Gasteiger partial charge in [0.15, 0.2) is 0 Å². The van der Waals surface area contributed by atoms with E-state index >= 15 is 0 Å². The van der Waals surface area contributed by atoms with Crippen molar-refractivity contribution in [1.29, 1.82) is 0 Å². The number of amides is 1. The highest BCUT2D eigenvalue weighted by Crippen LogP contribution is 2.44. The number of halogens is 2. The van der Waals surface area contributed by atoms with Crippen LogP contribution in [0.3, 0.4) is 0 Å². The Labute approximate surface area is 149 Å². The van der Waals surface area contributed by atoms with E-state index in [9.17, 15) is 4.79 Å². The number of nitrogens with two attached hydrogens (primary N) is 1. The van der Waals surface area contributed by atoms with Gasteiger partial charge in [0.25, 0.3) is 0 Å². The van der Waals surface area contributed by atoms with Crippen LogP contribution >= 0.6 is 24.8 Å². The summed E-state index contributed by atoms with van der Waals surface area (Å²) in [6.07, 6.45) is 11.3. The van der Waals surface area contributed by atoms with Crippen LogP contribution in [0.1, 0.15) is 24.8 Å². The topological polar surface area (TPSA) is 59.2 Å². The molecule has 0 spiro atoms. The van der Waals surface area contributed by atoms with E-state index in [1.165, 1.54) is 0 Å². The molecule has 0 unspecified atom stereocenters. The summed E-state index contributed by atoms with van der Waals surface area (Å²) in [5.41, 5.74) is 7.46. The van der Waals surface area contributed by atoms with E-state index in [0.29, 0.717) is 24.4 Å². The summed E-state index contributed by atoms with van der Waals surface area (Å²) >= 11 is 0. The van der Waals surface area contributed by atoms with Crippen molar-refractivity contribution in [1.82, 2.24) is 9.88 Å². The van der Waals surface area contributed by atoms with Crippen LogP contribution in [0.4, 0.5) is 0 Å². The molecule has 0 saturated heterocycles. The van der Waals surface area contributed by atoms with Gasteiger partial charge in [0, 0.05) is 31.0 Å². The highest BCUT2D eigenvalue weighted by Gasteiger charge is 2.49. The van der Waals surface area contributed by atoms with Crippen LogP contribution in [0.25, 0.3) is 0 Å². The monoisotopic (exact) mass is 355 g/mol. The molecule has 2 N–H and O–H groups in total. The summed E-state index contributed by atoms with van der Waals surface area (Å²) in [4.78, 5) is 19.1. The van der Waals surface area contributed by atoms with Gasteiger partial charge in [-0.2, -0.15) is 0 Å². The minimum Gasteiger partial charge on any atom is -0.335 e. The minimum absolute atomic E-state index is 0. The Morgan fingerprint density at radius 2 is 1.83 bits per heavy atom. The van der Waals surface area contributed by atoms with E-state index in [2.05, 4.69) is 22.0 Å². The molecule has 3 aliphatic rings. The Kier molecular flexibility index (Phi) is 5.71. The van der Waals surface area contributed by atoms with Crippen molar-refractivity contribution in [3.05, 3.63) is 42.2 Å². The molecule has 1 aromatic heterocycles. The Morgan fingerprint density at radius 3 is 2.39 bits per heavy atom. The SMILES string of the molecule is Cl.Cl.N[C@@H]1[C@H](C(=O)N(Cc2ccncc2)C2CC2)[C@@H]2C=C[C@H]1C2. The molecule has 2 bridgehead atoms. The van der Waals surface area contributed by atoms with Crippen molar-refractivity contribution < 1.29 is 4.79 Å². The molecule has 0 radical (unpaired) electrons.